The van der Waals surface area contributed by atoms with E-state index in [1.807, 2.05) is 12.1 Å². The van der Waals surface area contributed by atoms with Crippen molar-refractivity contribution in [1.82, 2.24) is 10.3 Å². The molecule has 2 nitrogen and oxygen atoms in total. The van der Waals surface area contributed by atoms with Crippen LogP contribution in [-0.4, -0.2) is 23.3 Å². The summed E-state index contributed by atoms with van der Waals surface area (Å²) in [4.78, 5) is 4.29. The highest BCUT2D eigenvalue weighted by Gasteiger charge is 2.12. The van der Waals surface area contributed by atoms with Gasteiger partial charge in [0.25, 0.3) is 0 Å². The van der Waals surface area contributed by atoms with Crippen LogP contribution in [0.3, 0.4) is 0 Å². The average molecular weight is 273 g/mol. The van der Waals surface area contributed by atoms with Crippen molar-refractivity contribution in [2.24, 2.45) is 5.92 Å². The first-order valence-corrected chi connectivity index (χ1v) is 7.47. The maximum absolute atomic E-state index is 5.81. The molecule has 0 aliphatic heterocycles. The van der Waals surface area contributed by atoms with Crippen LogP contribution in [0.1, 0.15) is 27.2 Å². The Balaban J connectivity index is 2.43. The third-order valence-corrected chi connectivity index (χ3v) is 3.86. The molecule has 0 radical (unpaired) electrons. The van der Waals surface area contributed by atoms with Gasteiger partial charge in [-0.1, -0.05) is 32.4 Å². The monoisotopic (exact) mass is 272 g/mol. The van der Waals surface area contributed by atoms with Gasteiger partial charge in [-0.2, -0.15) is 0 Å². The van der Waals surface area contributed by atoms with Crippen molar-refractivity contribution in [2.45, 2.75) is 38.3 Å². The van der Waals surface area contributed by atoms with Crippen LogP contribution in [0.2, 0.25) is 5.02 Å². The summed E-state index contributed by atoms with van der Waals surface area (Å²) < 4.78 is 0. The molecule has 0 amide bonds. The van der Waals surface area contributed by atoms with Crippen molar-refractivity contribution < 1.29 is 0 Å². The van der Waals surface area contributed by atoms with Crippen molar-refractivity contribution in [1.29, 1.82) is 0 Å². The van der Waals surface area contributed by atoms with Gasteiger partial charge in [0.1, 0.15) is 0 Å². The number of nitrogens with one attached hydrogen (secondary N) is 1. The second-order valence-corrected chi connectivity index (χ2v) is 5.91. The largest absolute Gasteiger partial charge is 0.313 e. The Bertz CT molecular complexity index is 314. The van der Waals surface area contributed by atoms with Crippen LogP contribution in [0.25, 0.3) is 0 Å². The van der Waals surface area contributed by atoms with E-state index in [2.05, 4.69) is 31.1 Å². The summed E-state index contributed by atoms with van der Waals surface area (Å²) in [5, 5.41) is 5.31. The third-order valence-electron chi connectivity index (χ3n) is 2.57. The number of aromatic nitrogens is 1. The number of thioether (sulfide) groups is 1. The molecule has 0 saturated heterocycles. The van der Waals surface area contributed by atoms with Crippen molar-refractivity contribution in [3.05, 3.63) is 23.4 Å². The van der Waals surface area contributed by atoms with Gasteiger partial charge in [-0.15, -0.1) is 11.8 Å². The van der Waals surface area contributed by atoms with Gasteiger partial charge in [-0.25, -0.2) is 4.98 Å². The maximum atomic E-state index is 5.81. The molecule has 1 aromatic rings. The zero-order valence-corrected chi connectivity index (χ0v) is 12.3. The van der Waals surface area contributed by atoms with E-state index in [-0.39, 0.29) is 0 Å². The summed E-state index contributed by atoms with van der Waals surface area (Å²) in [6, 6.07) is 4.41. The summed E-state index contributed by atoms with van der Waals surface area (Å²) in [5.41, 5.74) is 0. The van der Waals surface area contributed by atoms with E-state index in [1.165, 1.54) is 6.42 Å². The lowest BCUT2D eigenvalue weighted by Gasteiger charge is -2.21. The van der Waals surface area contributed by atoms with Crippen molar-refractivity contribution in [2.75, 3.05) is 12.3 Å². The van der Waals surface area contributed by atoms with E-state index in [9.17, 15) is 0 Å². The fourth-order valence-electron chi connectivity index (χ4n) is 1.44. The van der Waals surface area contributed by atoms with Crippen LogP contribution in [0.5, 0.6) is 0 Å². The van der Waals surface area contributed by atoms with Gasteiger partial charge < -0.3 is 5.32 Å². The Morgan fingerprint density at radius 3 is 2.71 bits per heavy atom. The van der Waals surface area contributed by atoms with Gasteiger partial charge in [0.15, 0.2) is 0 Å². The molecular weight excluding hydrogens is 252 g/mol. The summed E-state index contributed by atoms with van der Waals surface area (Å²) in [6.45, 7) is 7.78. The SMILES string of the molecule is CCCNC(CSc1ccc(Cl)cn1)C(C)C. The van der Waals surface area contributed by atoms with Gasteiger partial charge in [0, 0.05) is 18.0 Å². The lowest BCUT2D eigenvalue weighted by molar-refractivity contribution is 0.434. The lowest BCUT2D eigenvalue weighted by Crippen LogP contribution is -2.36. The molecule has 1 N–H and O–H groups in total. The number of pyridine rings is 1. The Morgan fingerprint density at radius 2 is 2.18 bits per heavy atom. The normalized spacial score (nSPS) is 13.0. The van der Waals surface area contributed by atoms with Crippen molar-refractivity contribution >= 4 is 23.4 Å². The molecule has 1 atom stereocenters. The van der Waals surface area contributed by atoms with Crippen LogP contribution in [0.15, 0.2) is 23.4 Å². The first kappa shape index (κ1) is 14.8. The molecule has 1 rings (SSSR count). The molecule has 17 heavy (non-hydrogen) atoms. The molecule has 0 saturated carbocycles. The van der Waals surface area contributed by atoms with Crippen LogP contribution < -0.4 is 5.32 Å². The van der Waals surface area contributed by atoms with Crippen LogP contribution in [-0.2, 0) is 0 Å². The second kappa shape index (κ2) is 7.96. The molecule has 0 aromatic carbocycles. The Kier molecular flexibility index (Phi) is 6.93. The summed E-state index contributed by atoms with van der Waals surface area (Å²) in [5.74, 6) is 1.69. The minimum atomic E-state index is 0.539. The summed E-state index contributed by atoms with van der Waals surface area (Å²) in [7, 11) is 0. The molecule has 0 spiro atoms. The molecular formula is C13H21ClN2S. The second-order valence-electron chi connectivity index (χ2n) is 4.43. The average Bonchev–Trinajstić information content (AvgIpc) is 2.31. The topological polar surface area (TPSA) is 24.9 Å². The van der Waals surface area contributed by atoms with Crippen LogP contribution >= 0.6 is 23.4 Å². The molecule has 0 bridgehead atoms. The van der Waals surface area contributed by atoms with Crippen LogP contribution in [0, 0.1) is 5.92 Å². The van der Waals surface area contributed by atoms with Gasteiger partial charge in [-0.05, 0) is 31.0 Å². The lowest BCUT2D eigenvalue weighted by atomic mass is 10.1. The molecule has 1 unspecified atom stereocenters. The molecule has 0 fully saturated rings. The number of rotatable bonds is 7. The highest BCUT2D eigenvalue weighted by molar-refractivity contribution is 7.99. The van der Waals surface area contributed by atoms with E-state index in [1.54, 1.807) is 18.0 Å². The molecule has 1 aromatic heterocycles. The molecule has 0 aliphatic rings. The van der Waals surface area contributed by atoms with Gasteiger partial charge in [0.2, 0.25) is 0 Å². The number of hydrogen-bond acceptors (Lipinski definition) is 3. The Morgan fingerprint density at radius 1 is 1.41 bits per heavy atom. The Labute approximate surface area is 114 Å². The van der Waals surface area contributed by atoms with E-state index in [0.717, 1.165) is 17.3 Å². The predicted molar refractivity (Wildman–Crippen MR) is 76.9 cm³/mol. The maximum Gasteiger partial charge on any atom is 0.0961 e. The number of hydrogen-bond donors (Lipinski definition) is 1. The minimum Gasteiger partial charge on any atom is -0.313 e. The predicted octanol–water partition coefficient (Wildman–Crippen LogP) is 3.85. The summed E-state index contributed by atoms with van der Waals surface area (Å²) in [6.07, 6.45) is 2.88. The highest BCUT2D eigenvalue weighted by atomic mass is 35.5. The fraction of sp³-hybridized carbons (Fsp3) is 0.615. The first-order chi connectivity index (χ1) is 8.13. The zero-order valence-electron chi connectivity index (χ0n) is 10.7. The van der Waals surface area contributed by atoms with Gasteiger partial charge in [-0.3, -0.25) is 0 Å². The van der Waals surface area contributed by atoms with E-state index >= 15 is 0 Å². The van der Waals surface area contributed by atoms with Gasteiger partial charge >= 0.3 is 0 Å². The van der Waals surface area contributed by atoms with E-state index in [4.69, 9.17) is 11.6 Å². The third kappa shape index (κ3) is 5.75. The standard InChI is InChI=1S/C13H21ClN2S/c1-4-7-15-12(10(2)3)9-17-13-6-5-11(14)8-16-13/h5-6,8,10,12,15H,4,7,9H2,1-3H3. The van der Waals surface area contributed by atoms with Crippen molar-refractivity contribution in [3.8, 4) is 0 Å². The molecule has 0 aliphatic carbocycles. The molecule has 1 heterocycles. The minimum absolute atomic E-state index is 0.539. The number of nitrogens with zero attached hydrogens (tertiary/aromatic N) is 1. The molecule has 96 valence electrons. The van der Waals surface area contributed by atoms with Crippen molar-refractivity contribution in [3.63, 3.8) is 0 Å². The van der Waals surface area contributed by atoms with E-state index in [0.29, 0.717) is 17.0 Å². The quantitative estimate of drug-likeness (QED) is 0.763. The highest BCUT2D eigenvalue weighted by Crippen LogP contribution is 2.20. The fourth-order valence-corrected chi connectivity index (χ4v) is 2.70. The first-order valence-electron chi connectivity index (χ1n) is 6.11. The van der Waals surface area contributed by atoms with E-state index < -0.39 is 0 Å². The zero-order chi connectivity index (χ0) is 12.7. The Hall–Kier alpha value is -0.250. The molecule has 4 heteroatoms. The smallest absolute Gasteiger partial charge is 0.0961 e. The summed E-state index contributed by atoms with van der Waals surface area (Å²) >= 11 is 7.59. The van der Waals surface area contributed by atoms with Crippen LogP contribution in [0.4, 0.5) is 0 Å². The number of halogens is 1. The van der Waals surface area contributed by atoms with Gasteiger partial charge in [0.05, 0.1) is 10.0 Å².